The molecule has 16 heavy (non-hydrogen) atoms. The maximum Gasteiger partial charge on any atom is 0.0972 e. The molecule has 0 fully saturated rings. The largest absolute Gasteiger partial charge is 0.265 e. The molecule has 1 heterocycles. The average molecular weight is 240 g/mol. The van der Waals surface area contributed by atoms with Crippen LogP contribution in [0.1, 0.15) is 33.3 Å². The maximum atomic E-state index is 11.9. The van der Waals surface area contributed by atoms with E-state index < -0.39 is 11.0 Å². The van der Waals surface area contributed by atoms with Gasteiger partial charge in [0, 0.05) is 18.4 Å². The monoisotopic (exact) mass is 240 g/mol. The number of nitrogens with zero attached hydrogens (tertiary/aromatic N) is 1. The summed E-state index contributed by atoms with van der Waals surface area (Å²) in [5.41, 5.74) is 1.21. The van der Waals surface area contributed by atoms with Crippen LogP contribution in [0.2, 0.25) is 0 Å². The topological polar surface area (TPSA) is 42.0 Å². The van der Waals surface area contributed by atoms with Crippen LogP contribution in [0.25, 0.3) is 0 Å². The summed E-state index contributed by atoms with van der Waals surface area (Å²) in [6.45, 7) is 7.95. The van der Waals surface area contributed by atoms with Gasteiger partial charge in [-0.1, -0.05) is 0 Å². The van der Waals surface area contributed by atoms with Crippen LogP contribution in [-0.2, 0) is 17.4 Å². The van der Waals surface area contributed by atoms with Crippen LogP contribution < -0.4 is 4.72 Å². The van der Waals surface area contributed by atoms with Crippen molar-refractivity contribution in [3.63, 3.8) is 0 Å². The van der Waals surface area contributed by atoms with E-state index in [9.17, 15) is 4.21 Å². The minimum Gasteiger partial charge on any atom is -0.265 e. The number of rotatable bonds is 4. The SMILES string of the molecule is C[C@@H](Cc1ccncc1)NS(=O)C(C)(C)C. The first-order valence-electron chi connectivity index (χ1n) is 5.46. The summed E-state index contributed by atoms with van der Waals surface area (Å²) in [5, 5.41) is 0. The van der Waals surface area contributed by atoms with Gasteiger partial charge in [-0.15, -0.1) is 0 Å². The van der Waals surface area contributed by atoms with E-state index in [1.165, 1.54) is 5.56 Å². The Balaban J connectivity index is 2.49. The molecule has 0 spiro atoms. The van der Waals surface area contributed by atoms with Gasteiger partial charge in [0.1, 0.15) is 0 Å². The van der Waals surface area contributed by atoms with Crippen molar-refractivity contribution in [1.29, 1.82) is 0 Å². The second-order valence-electron chi connectivity index (χ2n) is 4.96. The first kappa shape index (κ1) is 13.3. The highest BCUT2D eigenvalue weighted by atomic mass is 32.2. The molecule has 0 aromatic carbocycles. The van der Waals surface area contributed by atoms with Gasteiger partial charge in [-0.2, -0.15) is 0 Å². The Labute approximate surface area is 100 Å². The van der Waals surface area contributed by atoms with Crippen molar-refractivity contribution >= 4 is 11.0 Å². The highest BCUT2D eigenvalue weighted by molar-refractivity contribution is 7.84. The third-order valence-corrected chi connectivity index (χ3v) is 3.88. The highest BCUT2D eigenvalue weighted by Gasteiger charge is 2.20. The van der Waals surface area contributed by atoms with Crippen LogP contribution in [0.5, 0.6) is 0 Å². The van der Waals surface area contributed by atoms with Gasteiger partial charge in [0.2, 0.25) is 0 Å². The Hall–Kier alpha value is -0.740. The third-order valence-electron chi connectivity index (χ3n) is 2.16. The van der Waals surface area contributed by atoms with Crippen LogP contribution >= 0.6 is 0 Å². The van der Waals surface area contributed by atoms with Crippen LogP contribution in [0.15, 0.2) is 24.5 Å². The van der Waals surface area contributed by atoms with E-state index in [-0.39, 0.29) is 10.8 Å². The zero-order valence-electron chi connectivity index (χ0n) is 10.4. The smallest absolute Gasteiger partial charge is 0.0972 e. The first-order valence-corrected chi connectivity index (χ1v) is 6.61. The zero-order valence-corrected chi connectivity index (χ0v) is 11.2. The van der Waals surface area contributed by atoms with Crippen LogP contribution in [0, 0.1) is 0 Å². The molecule has 1 aromatic heterocycles. The Bertz CT molecular complexity index is 346. The third kappa shape index (κ3) is 4.41. The van der Waals surface area contributed by atoms with Crippen molar-refractivity contribution in [2.75, 3.05) is 0 Å². The number of nitrogens with one attached hydrogen (secondary N) is 1. The van der Waals surface area contributed by atoms with E-state index in [0.717, 1.165) is 6.42 Å². The number of pyridine rings is 1. The lowest BCUT2D eigenvalue weighted by Crippen LogP contribution is -2.39. The van der Waals surface area contributed by atoms with Gasteiger partial charge in [-0.25, -0.2) is 8.93 Å². The normalized spacial score (nSPS) is 15.8. The van der Waals surface area contributed by atoms with Crippen molar-refractivity contribution in [2.24, 2.45) is 0 Å². The molecule has 0 aliphatic heterocycles. The van der Waals surface area contributed by atoms with E-state index in [1.807, 2.05) is 39.8 Å². The lowest BCUT2D eigenvalue weighted by atomic mass is 10.1. The predicted octanol–water partition coefficient (Wildman–Crippen LogP) is 2.06. The van der Waals surface area contributed by atoms with Crippen LogP contribution in [-0.4, -0.2) is 20.0 Å². The molecular weight excluding hydrogens is 220 g/mol. The minimum absolute atomic E-state index is 0.197. The molecule has 1 N–H and O–H groups in total. The Morgan fingerprint density at radius 2 is 1.94 bits per heavy atom. The summed E-state index contributed by atoms with van der Waals surface area (Å²) in [6, 6.07) is 4.17. The first-order chi connectivity index (χ1) is 7.39. The van der Waals surface area contributed by atoms with Crippen LogP contribution in [0.3, 0.4) is 0 Å². The molecule has 2 atom stereocenters. The fourth-order valence-corrected chi connectivity index (χ4v) is 2.08. The van der Waals surface area contributed by atoms with Crippen molar-refractivity contribution in [1.82, 2.24) is 9.71 Å². The number of hydrogen-bond acceptors (Lipinski definition) is 2. The fourth-order valence-electron chi connectivity index (χ4n) is 1.27. The zero-order chi connectivity index (χ0) is 12.2. The Morgan fingerprint density at radius 3 is 2.44 bits per heavy atom. The minimum atomic E-state index is -1.01. The summed E-state index contributed by atoms with van der Waals surface area (Å²) in [5.74, 6) is 0. The molecule has 0 bridgehead atoms. The highest BCUT2D eigenvalue weighted by Crippen LogP contribution is 2.10. The van der Waals surface area contributed by atoms with Gasteiger partial charge >= 0.3 is 0 Å². The average Bonchev–Trinajstić information content (AvgIpc) is 2.17. The second kappa shape index (κ2) is 5.55. The number of hydrogen-bond donors (Lipinski definition) is 1. The molecule has 1 rings (SSSR count). The summed E-state index contributed by atoms with van der Waals surface area (Å²) in [6.07, 6.45) is 4.43. The molecule has 1 unspecified atom stereocenters. The molecule has 0 saturated heterocycles. The van der Waals surface area contributed by atoms with E-state index in [1.54, 1.807) is 12.4 Å². The van der Waals surface area contributed by atoms with Gasteiger partial charge in [-0.3, -0.25) is 4.98 Å². The van der Waals surface area contributed by atoms with Gasteiger partial charge in [0.15, 0.2) is 0 Å². The molecule has 90 valence electrons. The summed E-state index contributed by atoms with van der Waals surface area (Å²) >= 11 is 0. The lowest BCUT2D eigenvalue weighted by Gasteiger charge is -2.21. The summed E-state index contributed by atoms with van der Waals surface area (Å²) in [7, 11) is -1.01. The Kier molecular flexibility index (Phi) is 4.62. The molecule has 1 aromatic rings. The Morgan fingerprint density at radius 1 is 1.38 bits per heavy atom. The molecule has 0 saturated carbocycles. The second-order valence-corrected chi connectivity index (χ2v) is 6.96. The standard InChI is InChI=1S/C12H20N2OS/c1-10(14-16(15)12(2,3)4)9-11-5-7-13-8-6-11/h5-8,10,14H,9H2,1-4H3/t10-,16?/m0/s1. The summed E-state index contributed by atoms with van der Waals surface area (Å²) in [4.78, 5) is 3.97. The number of aromatic nitrogens is 1. The van der Waals surface area contributed by atoms with Crippen molar-refractivity contribution in [2.45, 2.75) is 44.9 Å². The fraction of sp³-hybridized carbons (Fsp3) is 0.583. The summed E-state index contributed by atoms with van der Waals surface area (Å²) < 4.78 is 14.8. The molecule has 0 aliphatic carbocycles. The lowest BCUT2D eigenvalue weighted by molar-refractivity contribution is 0.603. The van der Waals surface area contributed by atoms with E-state index in [0.29, 0.717) is 0 Å². The van der Waals surface area contributed by atoms with Crippen molar-refractivity contribution < 1.29 is 4.21 Å². The molecule has 0 aliphatic rings. The van der Waals surface area contributed by atoms with Gasteiger partial charge < -0.3 is 0 Å². The van der Waals surface area contributed by atoms with Crippen molar-refractivity contribution in [3.05, 3.63) is 30.1 Å². The van der Waals surface area contributed by atoms with E-state index in [2.05, 4.69) is 9.71 Å². The van der Waals surface area contributed by atoms with E-state index in [4.69, 9.17) is 0 Å². The molecule has 0 radical (unpaired) electrons. The maximum absolute atomic E-state index is 11.9. The van der Waals surface area contributed by atoms with Crippen LogP contribution in [0.4, 0.5) is 0 Å². The molecule has 0 amide bonds. The quantitative estimate of drug-likeness (QED) is 0.875. The van der Waals surface area contributed by atoms with Gasteiger partial charge in [0.05, 0.1) is 15.7 Å². The van der Waals surface area contributed by atoms with Gasteiger partial charge in [0.25, 0.3) is 0 Å². The molecule has 3 nitrogen and oxygen atoms in total. The predicted molar refractivity (Wildman–Crippen MR) is 68.4 cm³/mol. The van der Waals surface area contributed by atoms with E-state index >= 15 is 0 Å². The van der Waals surface area contributed by atoms with Crippen molar-refractivity contribution in [3.8, 4) is 0 Å². The molecular formula is C12H20N2OS. The van der Waals surface area contributed by atoms with Gasteiger partial charge in [-0.05, 0) is 51.8 Å². The molecule has 4 heteroatoms.